The van der Waals surface area contributed by atoms with E-state index in [2.05, 4.69) is 59.2 Å². The van der Waals surface area contributed by atoms with Crippen LogP contribution in [0, 0.1) is 6.92 Å². The number of aromatic nitrogens is 5. The highest BCUT2D eigenvalue weighted by Crippen LogP contribution is 2.32. The third-order valence-corrected chi connectivity index (χ3v) is 4.84. The molecular weight excluding hydrogens is 312 g/mol. The van der Waals surface area contributed by atoms with Gasteiger partial charge in [-0.1, -0.05) is 13.8 Å². The summed E-state index contributed by atoms with van der Waals surface area (Å²) in [6.07, 6.45) is 3.95. The molecule has 6 heteroatoms. The van der Waals surface area contributed by atoms with Gasteiger partial charge in [-0.2, -0.15) is 10.2 Å². The van der Waals surface area contributed by atoms with Crippen LogP contribution in [0.2, 0.25) is 0 Å². The van der Waals surface area contributed by atoms with Gasteiger partial charge in [0.1, 0.15) is 0 Å². The van der Waals surface area contributed by atoms with Gasteiger partial charge >= 0.3 is 0 Å². The Kier molecular flexibility index (Phi) is 3.82. The van der Waals surface area contributed by atoms with Crippen LogP contribution in [0.25, 0.3) is 11.1 Å². The smallest absolute Gasteiger partial charge is 0.150 e. The Morgan fingerprint density at radius 1 is 1.16 bits per heavy atom. The molecule has 4 heterocycles. The number of hydrogen-bond acceptors (Lipinski definition) is 4. The summed E-state index contributed by atoms with van der Waals surface area (Å²) in [5.41, 5.74) is 5.73. The van der Waals surface area contributed by atoms with Crippen LogP contribution >= 0.6 is 0 Å². The highest BCUT2D eigenvalue weighted by Gasteiger charge is 2.31. The number of pyridine rings is 1. The predicted molar refractivity (Wildman–Crippen MR) is 98.8 cm³/mol. The molecule has 0 amide bonds. The minimum Gasteiger partial charge on any atom is -0.354 e. The number of nitrogens with one attached hydrogen (secondary N) is 1. The monoisotopic (exact) mass is 336 g/mol. The minimum atomic E-state index is 0.453. The van der Waals surface area contributed by atoms with Gasteiger partial charge in [-0.3, -0.25) is 14.8 Å². The van der Waals surface area contributed by atoms with Crippen molar-refractivity contribution in [2.45, 2.75) is 32.6 Å². The van der Waals surface area contributed by atoms with Gasteiger partial charge in [-0.15, -0.1) is 0 Å². The second-order valence-corrected chi connectivity index (χ2v) is 7.26. The summed E-state index contributed by atoms with van der Waals surface area (Å²) < 4.78 is 1.83. The molecule has 3 aromatic rings. The highest BCUT2D eigenvalue weighted by molar-refractivity contribution is 5.63. The van der Waals surface area contributed by atoms with Gasteiger partial charge in [0.15, 0.2) is 5.82 Å². The van der Waals surface area contributed by atoms with Crippen molar-refractivity contribution in [3.8, 4) is 11.1 Å². The van der Waals surface area contributed by atoms with Gasteiger partial charge in [0, 0.05) is 61.0 Å². The Labute approximate surface area is 147 Å². The summed E-state index contributed by atoms with van der Waals surface area (Å²) in [5.74, 6) is 1.97. The summed E-state index contributed by atoms with van der Waals surface area (Å²) in [6, 6.07) is 6.49. The van der Waals surface area contributed by atoms with Gasteiger partial charge in [0.05, 0.1) is 6.20 Å². The molecule has 25 heavy (non-hydrogen) atoms. The lowest BCUT2D eigenvalue weighted by Gasteiger charge is -2.39. The maximum atomic E-state index is 4.77. The molecule has 6 nitrogen and oxygen atoms in total. The summed E-state index contributed by atoms with van der Waals surface area (Å²) in [4.78, 5) is 7.07. The van der Waals surface area contributed by atoms with E-state index in [1.54, 1.807) is 0 Å². The van der Waals surface area contributed by atoms with Gasteiger partial charge in [0.2, 0.25) is 0 Å². The van der Waals surface area contributed by atoms with E-state index in [9.17, 15) is 0 Å². The van der Waals surface area contributed by atoms with Gasteiger partial charge in [-0.05, 0) is 30.5 Å². The molecule has 1 aliphatic rings. The second-order valence-electron chi connectivity index (χ2n) is 7.26. The Balaban J connectivity index is 1.51. The molecule has 0 aromatic carbocycles. The van der Waals surface area contributed by atoms with Crippen molar-refractivity contribution >= 4 is 5.82 Å². The first-order valence-corrected chi connectivity index (χ1v) is 8.77. The molecule has 0 aliphatic carbocycles. The standard InChI is InChI=1S/C19H24N6/c1-12(2)17-7-19(23-22-17)25-10-16(11-25)18-6-14(5-13(3)21-18)15-8-20-24(4)9-15/h5-9,12,16H,10-11H2,1-4H3,(H,22,23). The van der Waals surface area contributed by atoms with Crippen LogP contribution in [0.15, 0.2) is 30.6 Å². The topological polar surface area (TPSA) is 62.6 Å². The number of rotatable bonds is 4. The van der Waals surface area contributed by atoms with Crippen molar-refractivity contribution in [2.75, 3.05) is 18.0 Å². The number of hydrogen-bond donors (Lipinski definition) is 1. The average Bonchev–Trinajstić information content (AvgIpc) is 3.14. The van der Waals surface area contributed by atoms with E-state index in [1.165, 1.54) is 11.3 Å². The van der Waals surface area contributed by atoms with E-state index < -0.39 is 0 Å². The molecule has 0 spiro atoms. The number of H-pyrrole nitrogens is 1. The van der Waals surface area contributed by atoms with Crippen LogP contribution in [0.4, 0.5) is 5.82 Å². The average molecular weight is 336 g/mol. The number of aryl methyl sites for hydroxylation is 2. The van der Waals surface area contributed by atoms with Crippen LogP contribution in [0.5, 0.6) is 0 Å². The molecule has 3 aromatic heterocycles. The molecule has 1 N–H and O–H groups in total. The maximum Gasteiger partial charge on any atom is 0.150 e. The van der Waals surface area contributed by atoms with E-state index in [0.29, 0.717) is 11.8 Å². The van der Waals surface area contributed by atoms with Gasteiger partial charge in [0.25, 0.3) is 0 Å². The predicted octanol–water partition coefficient (Wildman–Crippen LogP) is 3.24. The Bertz CT molecular complexity index is 885. The molecule has 0 bridgehead atoms. The van der Waals surface area contributed by atoms with Crippen molar-refractivity contribution in [3.63, 3.8) is 0 Å². The fourth-order valence-electron chi connectivity index (χ4n) is 3.28. The zero-order valence-corrected chi connectivity index (χ0v) is 15.2. The van der Waals surface area contributed by atoms with Crippen molar-refractivity contribution < 1.29 is 0 Å². The lowest BCUT2D eigenvalue weighted by Crippen LogP contribution is -2.45. The molecular formula is C19H24N6. The van der Waals surface area contributed by atoms with E-state index in [4.69, 9.17) is 4.98 Å². The lowest BCUT2D eigenvalue weighted by atomic mass is 9.93. The Hall–Kier alpha value is -2.63. The molecule has 0 unspecified atom stereocenters. The van der Waals surface area contributed by atoms with Crippen molar-refractivity contribution in [3.05, 3.63) is 47.7 Å². The van der Waals surface area contributed by atoms with Crippen molar-refractivity contribution in [1.29, 1.82) is 0 Å². The third-order valence-electron chi connectivity index (χ3n) is 4.84. The molecule has 4 rings (SSSR count). The van der Waals surface area contributed by atoms with Crippen molar-refractivity contribution in [1.82, 2.24) is 25.0 Å². The Morgan fingerprint density at radius 2 is 1.96 bits per heavy atom. The largest absolute Gasteiger partial charge is 0.354 e. The first-order valence-electron chi connectivity index (χ1n) is 8.77. The summed E-state index contributed by atoms with van der Waals surface area (Å²) in [7, 11) is 1.94. The highest BCUT2D eigenvalue weighted by atomic mass is 15.3. The molecule has 1 saturated heterocycles. The van der Waals surface area contributed by atoms with Crippen LogP contribution in [0.3, 0.4) is 0 Å². The van der Waals surface area contributed by atoms with Crippen LogP contribution < -0.4 is 4.90 Å². The molecule has 0 atom stereocenters. The van der Waals surface area contributed by atoms with E-state index in [0.717, 1.165) is 35.9 Å². The van der Waals surface area contributed by atoms with E-state index >= 15 is 0 Å². The fourth-order valence-corrected chi connectivity index (χ4v) is 3.28. The zero-order chi connectivity index (χ0) is 17.6. The zero-order valence-electron chi connectivity index (χ0n) is 15.2. The quantitative estimate of drug-likeness (QED) is 0.794. The van der Waals surface area contributed by atoms with Crippen LogP contribution in [-0.4, -0.2) is 38.1 Å². The normalized spacial score (nSPS) is 15.0. The number of aromatic amines is 1. The molecule has 130 valence electrons. The number of nitrogens with zero attached hydrogens (tertiary/aromatic N) is 5. The first kappa shape index (κ1) is 15.9. The van der Waals surface area contributed by atoms with Gasteiger partial charge in [-0.25, -0.2) is 0 Å². The maximum absolute atomic E-state index is 4.77. The summed E-state index contributed by atoms with van der Waals surface area (Å²) in [5, 5.41) is 11.9. The van der Waals surface area contributed by atoms with E-state index in [-0.39, 0.29) is 0 Å². The molecule has 0 radical (unpaired) electrons. The summed E-state index contributed by atoms with van der Waals surface area (Å²) >= 11 is 0. The molecule has 1 fully saturated rings. The fraction of sp³-hybridized carbons (Fsp3) is 0.421. The summed E-state index contributed by atoms with van der Waals surface area (Å²) in [6.45, 7) is 8.33. The number of anilines is 1. The second kappa shape index (κ2) is 6.02. The van der Waals surface area contributed by atoms with Crippen LogP contribution in [-0.2, 0) is 7.05 Å². The van der Waals surface area contributed by atoms with E-state index in [1.807, 2.05) is 24.1 Å². The first-order chi connectivity index (χ1) is 12.0. The minimum absolute atomic E-state index is 0.453. The SMILES string of the molecule is Cc1cc(-c2cnn(C)c2)cc(C2CN(c3cc(C(C)C)[nH]n3)C2)n1. The van der Waals surface area contributed by atoms with Crippen molar-refractivity contribution in [2.24, 2.45) is 7.05 Å². The van der Waals surface area contributed by atoms with Gasteiger partial charge < -0.3 is 4.90 Å². The molecule has 1 aliphatic heterocycles. The Morgan fingerprint density at radius 3 is 2.60 bits per heavy atom. The third kappa shape index (κ3) is 3.04. The van der Waals surface area contributed by atoms with Crippen LogP contribution in [0.1, 0.15) is 42.8 Å². The lowest BCUT2D eigenvalue weighted by molar-refractivity contribution is 0.508. The molecule has 0 saturated carbocycles.